The summed E-state index contributed by atoms with van der Waals surface area (Å²) >= 11 is 5.94. The van der Waals surface area contributed by atoms with E-state index in [1.54, 1.807) is 10.7 Å². The molecular weight excluding hydrogens is 232 g/mol. The normalized spacial score (nSPS) is 10.9. The van der Waals surface area contributed by atoms with Crippen molar-refractivity contribution in [1.82, 2.24) is 9.78 Å². The van der Waals surface area contributed by atoms with Crippen LogP contribution in [0.2, 0.25) is 5.02 Å². The molecule has 0 spiro atoms. The molecular formula is C9H9ClN4O2. The summed E-state index contributed by atoms with van der Waals surface area (Å²) in [6, 6.07) is 2.96. The molecule has 2 aromatic rings. The molecule has 0 saturated carbocycles. The number of nitrogens with two attached hydrogens (primary N) is 1. The Morgan fingerprint density at radius 1 is 1.62 bits per heavy atom. The third kappa shape index (κ3) is 1.38. The van der Waals surface area contributed by atoms with Crippen molar-refractivity contribution in [3.63, 3.8) is 0 Å². The summed E-state index contributed by atoms with van der Waals surface area (Å²) in [7, 11) is 0. The van der Waals surface area contributed by atoms with Crippen molar-refractivity contribution < 1.29 is 4.92 Å². The van der Waals surface area contributed by atoms with Crippen LogP contribution in [0.15, 0.2) is 12.1 Å². The molecule has 0 aliphatic heterocycles. The number of halogens is 1. The van der Waals surface area contributed by atoms with Crippen LogP contribution in [0.3, 0.4) is 0 Å². The Bertz CT molecular complexity index is 578. The third-order valence-electron chi connectivity index (χ3n) is 2.36. The van der Waals surface area contributed by atoms with Crippen molar-refractivity contribution in [3.05, 3.63) is 27.3 Å². The van der Waals surface area contributed by atoms with Crippen LogP contribution in [0.1, 0.15) is 6.92 Å². The Hall–Kier alpha value is -1.82. The Balaban J connectivity index is 2.84. The highest BCUT2D eigenvalue weighted by atomic mass is 35.5. The molecule has 0 aliphatic rings. The van der Waals surface area contributed by atoms with Gasteiger partial charge in [-0.1, -0.05) is 11.6 Å². The van der Waals surface area contributed by atoms with Gasteiger partial charge in [0, 0.05) is 12.6 Å². The minimum atomic E-state index is -0.537. The minimum absolute atomic E-state index is 0.0414. The monoisotopic (exact) mass is 240 g/mol. The van der Waals surface area contributed by atoms with Crippen molar-refractivity contribution >= 4 is 34.0 Å². The fourth-order valence-corrected chi connectivity index (χ4v) is 1.96. The van der Waals surface area contributed by atoms with Gasteiger partial charge in [-0.2, -0.15) is 5.10 Å². The number of benzene rings is 1. The number of anilines is 1. The van der Waals surface area contributed by atoms with Gasteiger partial charge in [0.15, 0.2) is 5.82 Å². The van der Waals surface area contributed by atoms with Crippen LogP contribution in [0.25, 0.3) is 10.9 Å². The number of fused-ring (bicyclic) bond motifs is 1. The summed E-state index contributed by atoms with van der Waals surface area (Å²) < 4.78 is 1.65. The predicted octanol–water partition coefficient (Wildman–Crippen LogP) is 2.20. The van der Waals surface area contributed by atoms with E-state index in [9.17, 15) is 10.1 Å². The number of hydrogen-bond donors (Lipinski definition) is 1. The third-order valence-corrected chi connectivity index (χ3v) is 2.74. The molecule has 0 amide bonds. The van der Waals surface area contributed by atoms with Gasteiger partial charge >= 0.3 is 0 Å². The van der Waals surface area contributed by atoms with Gasteiger partial charge in [0.2, 0.25) is 0 Å². The summed E-state index contributed by atoms with van der Waals surface area (Å²) in [6.07, 6.45) is 0. The van der Waals surface area contributed by atoms with Crippen LogP contribution in [0.4, 0.5) is 11.5 Å². The molecule has 1 heterocycles. The van der Waals surface area contributed by atoms with Crippen LogP contribution in [0, 0.1) is 10.1 Å². The summed E-state index contributed by atoms with van der Waals surface area (Å²) in [5.41, 5.74) is 6.23. The first-order valence-electron chi connectivity index (χ1n) is 4.65. The fraction of sp³-hybridized carbons (Fsp3) is 0.222. The lowest BCUT2D eigenvalue weighted by atomic mass is 10.2. The summed E-state index contributed by atoms with van der Waals surface area (Å²) in [4.78, 5) is 10.2. The van der Waals surface area contributed by atoms with Crippen LogP contribution in [0.5, 0.6) is 0 Å². The lowest BCUT2D eigenvalue weighted by Crippen LogP contribution is -1.96. The van der Waals surface area contributed by atoms with Gasteiger partial charge in [0.05, 0.1) is 15.8 Å². The van der Waals surface area contributed by atoms with E-state index in [2.05, 4.69) is 5.10 Å². The molecule has 1 aromatic heterocycles. The van der Waals surface area contributed by atoms with Crippen LogP contribution in [-0.4, -0.2) is 14.7 Å². The number of rotatable bonds is 2. The average molecular weight is 241 g/mol. The molecule has 7 heteroatoms. The molecule has 0 bridgehead atoms. The Morgan fingerprint density at radius 2 is 2.31 bits per heavy atom. The van der Waals surface area contributed by atoms with E-state index >= 15 is 0 Å². The summed E-state index contributed by atoms with van der Waals surface area (Å²) in [5.74, 6) is 0.213. The Morgan fingerprint density at radius 3 is 2.88 bits per heavy atom. The molecule has 84 valence electrons. The number of nitrogen functional groups attached to an aromatic ring is 1. The number of nitrogens with zero attached hydrogens (tertiary/aromatic N) is 3. The second kappa shape index (κ2) is 3.64. The molecule has 6 nitrogen and oxygen atoms in total. The second-order valence-corrected chi connectivity index (χ2v) is 3.63. The maximum absolute atomic E-state index is 10.7. The molecule has 0 saturated heterocycles. The van der Waals surface area contributed by atoms with Crippen molar-refractivity contribution in [2.24, 2.45) is 0 Å². The standard InChI is InChI=1S/C9H9ClN4O2/c1-2-13-5-3-4-6(14(15)16)8(10)7(5)9(11)12-13/h3-4H,2H2,1H3,(H2,11,12). The molecule has 0 radical (unpaired) electrons. The van der Waals surface area contributed by atoms with Crippen molar-refractivity contribution in [2.45, 2.75) is 13.5 Å². The molecule has 0 fully saturated rings. The van der Waals surface area contributed by atoms with Crippen LogP contribution < -0.4 is 5.73 Å². The molecule has 2 rings (SSSR count). The number of aromatic nitrogens is 2. The van der Waals surface area contributed by atoms with E-state index in [1.807, 2.05) is 6.92 Å². The van der Waals surface area contributed by atoms with E-state index in [0.29, 0.717) is 17.4 Å². The zero-order valence-electron chi connectivity index (χ0n) is 8.48. The first-order chi connectivity index (χ1) is 7.56. The summed E-state index contributed by atoms with van der Waals surface area (Å²) in [6.45, 7) is 2.53. The van der Waals surface area contributed by atoms with E-state index in [4.69, 9.17) is 17.3 Å². The molecule has 1 aromatic carbocycles. The highest BCUT2D eigenvalue weighted by molar-refractivity contribution is 6.38. The van der Waals surface area contributed by atoms with Gasteiger partial charge in [0.1, 0.15) is 5.02 Å². The van der Waals surface area contributed by atoms with Gasteiger partial charge in [-0.05, 0) is 13.0 Å². The summed E-state index contributed by atoms with van der Waals surface area (Å²) in [5, 5.41) is 15.2. The average Bonchev–Trinajstić information content (AvgIpc) is 2.56. The second-order valence-electron chi connectivity index (χ2n) is 3.25. The van der Waals surface area contributed by atoms with Crippen molar-refractivity contribution in [1.29, 1.82) is 0 Å². The SMILES string of the molecule is CCn1nc(N)c2c(Cl)c([N+](=O)[O-])ccc21. The number of hydrogen-bond acceptors (Lipinski definition) is 4. The Kier molecular flexibility index (Phi) is 2.43. The van der Waals surface area contributed by atoms with E-state index in [0.717, 1.165) is 0 Å². The van der Waals surface area contributed by atoms with Gasteiger partial charge in [-0.15, -0.1) is 0 Å². The maximum atomic E-state index is 10.7. The van der Waals surface area contributed by atoms with Crippen LogP contribution in [-0.2, 0) is 6.54 Å². The number of nitro benzene ring substituents is 1. The Labute approximate surface area is 95.7 Å². The largest absolute Gasteiger partial charge is 0.382 e. The van der Waals surface area contributed by atoms with Gasteiger partial charge in [-0.3, -0.25) is 14.8 Å². The lowest BCUT2D eigenvalue weighted by molar-refractivity contribution is -0.384. The predicted molar refractivity (Wildman–Crippen MR) is 61.5 cm³/mol. The topological polar surface area (TPSA) is 87.0 Å². The van der Waals surface area contributed by atoms with Crippen molar-refractivity contribution in [3.8, 4) is 0 Å². The van der Waals surface area contributed by atoms with Gasteiger partial charge in [0.25, 0.3) is 5.69 Å². The lowest BCUT2D eigenvalue weighted by Gasteiger charge is -1.99. The van der Waals surface area contributed by atoms with Gasteiger partial charge in [-0.25, -0.2) is 0 Å². The van der Waals surface area contributed by atoms with Crippen molar-refractivity contribution in [2.75, 3.05) is 5.73 Å². The molecule has 0 atom stereocenters. The fourth-order valence-electron chi connectivity index (χ4n) is 1.63. The maximum Gasteiger partial charge on any atom is 0.288 e. The smallest absolute Gasteiger partial charge is 0.288 e. The highest BCUT2D eigenvalue weighted by Crippen LogP contribution is 2.35. The molecule has 16 heavy (non-hydrogen) atoms. The minimum Gasteiger partial charge on any atom is -0.382 e. The van der Waals surface area contributed by atoms with Gasteiger partial charge < -0.3 is 5.73 Å². The first-order valence-corrected chi connectivity index (χ1v) is 5.03. The van der Waals surface area contributed by atoms with E-state index < -0.39 is 4.92 Å². The molecule has 0 unspecified atom stereocenters. The highest BCUT2D eigenvalue weighted by Gasteiger charge is 2.19. The van der Waals surface area contributed by atoms with E-state index in [-0.39, 0.29) is 16.5 Å². The molecule has 2 N–H and O–H groups in total. The molecule has 0 aliphatic carbocycles. The number of aryl methyl sites for hydroxylation is 1. The zero-order valence-corrected chi connectivity index (χ0v) is 9.23. The van der Waals surface area contributed by atoms with Crippen LogP contribution >= 0.6 is 11.6 Å². The zero-order chi connectivity index (χ0) is 11.9. The van der Waals surface area contributed by atoms with E-state index in [1.165, 1.54) is 6.07 Å². The quantitative estimate of drug-likeness (QED) is 0.644. The number of nitro groups is 1. The first kappa shape index (κ1) is 10.7.